The van der Waals surface area contributed by atoms with Crippen LogP contribution in [-0.2, 0) is 14.8 Å². The molecule has 0 N–H and O–H groups in total. The summed E-state index contributed by atoms with van der Waals surface area (Å²) in [5, 5.41) is 0. The Bertz CT molecular complexity index is 642. The quantitative estimate of drug-likeness (QED) is 0.544. The summed E-state index contributed by atoms with van der Waals surface area (Å²) in [6.07, 6.45) is 8.55. The van der Waals surface area contributed by atoms with Gasteiger partial charge in [-0.15, -0.1) is 0 Å². The molecule has 4 fully saturated rings. The van der Waals surface area contributed by atoms with E-state index in [1.165, 1.54) is 64.7 Å². The van der Waals surface area contributed by atoms with E-state index < -0.39 is 10.0 Å². The van der Waals surface area contributed by atoms with E-state index in [1.54, 1.807) is 16.1 Å². The van der Waals surface area contributed by atoms with E-state index in [0.717, 1.165) is 26.2 Å². The van der Waals surface area contributed by atoms with Gasteiger partial charge in [0.05, 0.1) is 12.3 Å². The van der Waals surface area contributed by atoms with Gasteiger partial charge in [-0.25, -0.2) is 8.42 Å². The van der Waals surface area contributed by atoms with E-state index >= 15 is 0 Å². The lowest BCUT2D eigenvalue weighted by Crippen LogP contribution is -2.47. The summed E-state index contributed by atoms with van der Waals surface area (Å²) in [5.41, 5.74) is 0. The molecule has 10 heteroatoms. The molecule has 0 atom stereocenters. The molecular formula is C25H54N6O3S. The van der Waals surface area contributed by atoms with Crippen molar-refractivity contribution in [2.45, 2.75) is 45.4 Å². The SMILES string of the molecule is CCS(=O)(=O)N1CCN(C)CC1.CN1CCCCC1.CN1CCCCC1.CN1CCN(C)C(=O)C1. The molecule has 4 aliphatic heterocycles. The van der Waals surface area contributed by atoms with Gasteiger partial charge in [-0.3, -0.25) is 9.69 Å². The fourth-order valence-electron chi connectivity index (χ4n) is 4.23. The zero-order valence-electron chi connectivity index (χ0n) is 23.5. The van der Waals surface area contributed by atoms with Gasteiger partial charge in [-0.05, 0) is 87.0 Å². The zero-order chi connectivity index (χ0) is 26.3. The Morgan fingerprint density at radius 2 is 0.971 bits per heavy atom. The van der Waals surface area contributed by atoms with Crippen LogP contribution < -0.4 is 0 Å². The largest absolute Gasteiger partial charge is 0.343 e. The molecule has 4 aliphatic rings. The van der Waals surface area contributed by atoms with Gasteiger partial charge in [0.25, 0.3) is 0 Å². The van der Waals surface area contributed by atoms with Crippen molar-refractivity contribution >= 4 is 15.9 Å². The summed E-state index contributed by atoms with van der Waals surface area (Å²) < 4.78 is 24.3. The molecule has 0 aromatic heterocycles. The van der Waals surface area contributed by atoms with Gasteiger partial charge >= 0.3 is 0 Å². The molecule has 1 amide bonds. The number of rotatable bonds is 2. The summed E-state index contributed by atoms with van der Waals surface area (Å²) >= 11 is 0. The third-order valence-electron chi connectivity index (χ3n) is 7.03. The maximum Gasteiger partial charge on any atom is 0.236 e. The van der Waals surface area contributed by atoms with Crippen LogP contribution in [0.2, 0.25) is 0 Å². The Morgan fingerprint density at radius 1 is 0.571 bits per heavy atom. The monoisotopic (exact) mass is 518 g/mol. The second kappa shape index (κ2) is 17.6. The third kappa shape index (κ3) is 14.5. The second-order valence-electron chi connectivity index (χ2n) is 10.4. The molecule has 0 spiro atoms. The van der Waals surface area contributed by atoms with Crippen LogP contribution in [0.5, 0.6) is 0 Å². The van der Waals surface area contributed by atoms with Crippen LogP contribution in [0.25, 0.3) is 0 Å². The molecule has 0 unspecified atom stereocenters. The summed E-state index contributed by atoms with van der Waals surface area (Å²) in [5.74, 6) is 0.445. The number of likely N-dealkylation sites (N-methyl/N-ethyl adjacent to an activating group) is 3. The molecule has 208 valence electrons. The van der Waals surface area contributed by atoms with E-state index in [0.29, 0.717) is 19.6 Å². The minimum atomic E-state index is -2.94. The minimum absolute atomic E-state index is 0.219. The van der Waals surface area contributed by atoms with Gasteiger partial charge in [0.2, 0.25) is 15.9 Å². The zero-order valence-corrected chi connectivity index (χ0v) is 24.4. The molecule has 0 bridgehead atoms. The van der Waals surface area contributed by atoms with Crippen molar-refractivity contribution in [3.05, 3.63) is 0 Å². The smallest absolute Gasteiger partial charge is 0.236 e. The van der Waals surface area contributed by atoms with E-state index in [2.05, 4.69) is 28.8 Å². The number of likely N-dealkylation sites (tertiary alicyclic amines) is 2. The highest BCUT2D eigenvalue weighted by molar-refractivity contribution is 7.89. The minimum Gasteiger partial charge on any atom is -0.343 e. The molecule has 4 saturated heterocycles. The lowest BCUT2D eigenvalue weighted by Gasteiger charge is -2.31. The van der Waals surface area contributed by atoms with Crippen molar-refractivity contribution in [3.8, 4) is 0 Å². The van der Waals surface area contributed by atoms with Crippen molar-refractivity contribution in [2.75, 3.05) is 113 Å². The van der Waals surface area contributed by atoms with Gasteiger partial charge in [-0.1, -0.05) is 12.8 Å². The summed E-state index contributed by atoms with van der Waals surface area (Å²) in [6, 6.07) is 0. The first kappa shape index (κ1) is 32.2. The first-order chi connectivity index (χ1) is 16.5. The first-order valence-electron chi connectivity index (χ1n) is 13.5. The van der Waals surface area contributed by atoms with Gasteiger partial charge in [-0.2, -0.15) is 4.31 Å². The van der Waals surface area contributed by atoms with Crippen LogP contribution in [0.1, 0.15) is 45.4 Å². The summed E-state index contributed by atoms with van der Waals surface area (Å²) in [7, 11) is 7.26. The van der Waals surface area contributed by atoms with E-state index in [-0.39, 0.29) is 11.7 Å². The predicted molar refractivity (Wildman–Crippen MR) is 146 cm³/mol. The van der Waals surface area contributed by atoms with Crippen molar-refractivity contribution in [1.29, 1.82) is 0 Å². The van der Waals surface area contributed by atoms with E-state index in [1.807, 2.05) is 26.0 Å². The number of nitrogens with zero attached hydrogens (tertiary/aromatic N) is 6. The fraction of sp³-hybridized carbons (Fsp3) is 0.960. The Kier molecular flexibility index (Phi) is 16.3. The topological polar surface area (TPSA) is 70.7 Å². The van der Waals surface area contributed by atoms with Crippen LogP contribution in [-0.4, -0.2) is 156 Å². The average Bonchev–Trinajstić information content (AvgIpc) is 2.84. The standard InChI is InChI=1S/C7H16N2O2S.C6H12N2O.2C6H13N/c1-3-12(10,11)9-6-4-8(2)5-7-9;1-7-3-4-8(2)6(9)5-7;2*1-7-5-3-2-4-6-7/h3-7H2,1-2H3;3-5H2,1-2H3;2*2-6H2,1H3. The molecule has 0 aromatic rings. The number of carbonyl (C=O) groups is 1. The lowest BCUT2D eigenvalue weighted by atomic mass is 10.1. The van der Waals surface area contributed by atoms with Crippen LogP contribution in [0.3, 0.4) is 0 Å². The number of amides is 1. The normalized spacial score (nSPS) is 23.8. The number of piperazine rings is 2. The maximum absolute atomic E-state index is 11.4. The number of carbonyl (C=O) groups excluding carboxylic acids is 1. The van der Waals surface area contributed by atoms with Gasteiger partial charge in [0.15, 0.2) is 0 Å². The molecule has 0 aromatic carbocycles. The molecule has 0 saturated carbocycles. The van der Waals surface area contributed by atoms with Crippen molar-refractivity contribution in [3.63, 3.8) is 0 Å². The average molecular weight is 519 g/mol. The summed E-state index contributed by atoms with van der Waals surface area (Å²) in [6.45, 7) is 12.4. The Morgan fingerprint density at radius 3 is 1.29 bits per heavy atom. The maximum atomic E-state index is 11.4. The number of hydrogen-bond acceptors (Lipinski definition) is 7. The molecule has 0 radical (unpaired) electrons. The van der Waals surface area contributed by atoms with Crippen LogP contribution in [0, 0.1) is 0 Å². The lowest BCUT2D eigenvalue weighted by molar-refractivity contribution is -0.133. The van der Waals surface area contributed by atoms with Crippen LogP contribution in [0.4, 0.5) is 0 Å². The Balaban J connectivity index is 0.000000239. The first-order valence-corrected chi connectivity index (χ1v) is 15.1. The Labute approximate surface area is 216 Å². The number of sulfonamides is 1. The third-order valence-corrected chi connectivity index (χ3v) is 8.91. The number of piperidine rings is 2. The predicted octanol–water partition coefficient (Wildman–Crippen LogP) is 1.18. The van der Waals surface area contributed by atoms with Gasteiger partial charge in [0.1, 0.15) is 0 Å². The van der Waals surface area contributed by atoms with Crippen molar-refractivity contribution in [1.82, 2.24) is 28.8 Å². The molecule has 4 heterocycles. The van der Waals surface area contributed by atoms with Crippen LogP contribution >= 0.6 is 0 Å². The van der Waals surface area contributed by atoms with Crippen LogP contribution in [0.15, 0.2) is 0 Å². The highest BCUT2D eigenvalue weighted by Crippen LogP contribution is 2.06. The molecular weight excluding hydrogens is 464 g/mol. The number of hydrogen-bond donors (Lipinski definition) is 0. The fourth-order valence-corrected chi connectivity index (χ4v) is 5.31. The van der Waals surface area contributed by atoms with Gasteiger partial charge in [0, 0.05) is 46.3 Å². The van der Waals surface area contributed by atoms with Gasteiger partial charge < -0.3 is 19.6 Å². The molecule has 0 aliphatic carbocycles. The summed E-state index contributed by atoms with van der Waals surface area (Å²) in [4.78, 5) is 21.6. The second-order valence-corrected chi connectivity index (χ2v) is 12.6. The Hall–Kier alpha value is -0.780. The highest BCUT2D eigenvalue weighted by atomic mass is 32.2. The van der Waals surface area contributed by atoms with Crippen molar-refractivity contribution in [2.24, 2.45) is 0 Å². The molecule has 35 heavy (non-hydrogen) atoms. The molecule has 4 rings (SSSR count). The van der Waals surface area contributed by atoms with E-state index in [4.69, 9.17) is 0 Å². The highest BCUT2D eigenvalue weighted by Gasteiger charge is 2.23. The molecule has 9 nitrogen and oxygen atoms in total. The van der Waals surface area contributed by atoms with Crippen molar-refractivity contribution < 1.29 is 13.2 Å². The van der Waals surface area contributed by atoms with E-state index in [9.17, 15) is 13.2 Å².